The number of hydrogen-bond acceptors (Lipinski definition) is 4. The van der Waals surface area contributed by atoms with E-state index in [-0.39, 0.29) is 11.4 Å². The Morgan fingerprint density at radius 2 is 1.89 bits per heavy atom. The summed E-state index contributed by atoms with van der Waals surface area (Å²) < 4.78 is 50.2. The van der Waals surface area contributed by atoms with Crippen LogP contribution in [0, 0.1) is 0 Å². The standard InChI is InChI=1S/C10H17N3O4S2/c1-3-12-19(16,17)13-8(2)9-5-4-6-10(7-9)18(11,14)15/h4-8,12-13H,3H2,1-2H3,(H2,11,14,15). The lowest BCUT2D eigenvalue weighted by atomic mass is 10.1. The van der Waals surface area contributed by atoms with Gasteiger partial charge in [-0.2, -0.15) is 13.1 Å². The van der Waals surface area contributed by atoms with Crippen LogP contribution in [0.2, 0.25) is 0 Å². The summed E-state index contributed by atoms with van der Waals surface area (Å²) in [6, 6.07) is 5.24. The lowest BCUT2D eigenvalue weighted by Gasteiger charge is -2.15. The van der Waals surface area contributed by atoms with Crippen LogP contribution in [0.4, 0.5) is 0 Å². The van der Waals surface area contributed by atoms with Crippen molar-refractivity contribution in [3.8, 4) is 0 Å². The number of benzene rings is 1. The van der Waals surface area contributed by atoms with E-state index in [1.54, 1.807) is 19.9 Å². The second-order valence-corrected chi connectivity index (χ2v) is 7.05. The molecule has 1 aromatic carbocycles. The van der Waals surface area contributed by atoms with Crippen molar-refractivity contribution in [3.05, 3.63) is 29.8 Å². The molecule has 1 unspecified atom stereocenters. The largest absolute Gasteiger partial charge is 0.277 e. The van der Waals surface area contributed by atoms with Gasteiger partial charge in [0.2, 0.25) is 10.0 Å². The molecule has 4 N–H and O–H groups in total. The van der Waals surface area contributed by atoms with Crippen LogP contribution in [0.5, 0.6) is 0 Å². The Morgan fingerprint density at radius 3 is 2.42 bits per heavy atom. The number of rotatable bonds is 6. The molecule has 1 atom stereocenters. The van der Waals surface area contributed by atoms with Gasteiger partial charge >= 0.3 is 0 Å². The van der Waals surface area contributed by atoms with Crippen molar-refractivity contribution in [1.29, 1.82) is 0 Å². The van der Waals surface area contributed by atoms with E-state index in [0.29, 0.717) is 5.56 Å². The maximum Gasteiger partial charge on any atom is 0.277 e. The fourth-order valence-corrected chi connectivity index (χ4v) is 3.13. The minimum absolute atomic E-state index is 0.0560. The summed E-state index contributed by atoms with van der Waals surface area (Å²) >= 11 is 0. The molecule has 0 amide bonds. The van der Waals surface area contributed by atoms with Crippen LogP contribution >= 0.6 is 0 Å². The summed E-state index contributed by atoms with van der Waals surface area (Å²) in [5.74, 6) is 0. The zero-order valence-corrected chi connectivity index (χ0v) is 12.3. The Kier molecular flexibility index (Phi) is 5.04. The molecule has 108 valence electrons. The van der Waals surface area contributed by atoms with E-state index in [2.05, 4.69) is 9.44 Å². The summed E-state index contributed by atoms with van der Waals surface area (Å²) in [4.78, 5) is -0.0560. The van der Waals surface area contributed by atoms with Crippen molar-refractivity contribution >= 4 is 20.2 Å². The molecule has 0 aliphatic heterocycles. The summed E-state index contributed by atoms with van der Waals surface area (Å²) in [5, 5.41) is 5.02. The summed E-state index contributed by atoms with van der Waals surface area (Å²) in [6.07, 6.45) is 0. The zero-order valence-electron chi connectivity index (χ0n) is 10.6. The summed E-state index contributed by atoms with van der Waals surface area (Å²) in [7, 11) is -7.41. The minimum atomic E-state index is -3.81. The number of primary sulfonamides is 1. The molecule has 0 bridgehead atoms. The van der Waals surface area contributed by atoms with E-state index < -0.39 is 26.3 Å². The Bertz CT molecular complexity index is 640. The third-order valence-electron chi connectivity index (χ3n) is 2.35. The van der Waals surface area contributed by atoms with E-state index >= 15 is 0 Å². The number of sulfonamides is 1. The van der Waals surface area contributed by atoms with Crippen LogP contribution in [0.1, 0.15) is 25.5 Å². The second kappa shape index (κ2) is 5.97. The van der Waals surface area contributed by atoms with Crippen LogP contribution < -0.4 is 14.6 Å². The molecule has 1 aromatic rings. The van der Waals surface area contributed by atoms with Crippen LogP contribution in [0.25, 0.3) is 0 Å². The molecule has 0 saturated heterocycles. The molecule has 0 radical (unpaired) electrons. The first-order chi connectivity index (χ1) is 8.65. The van der Waals surface area contributed by atoms with Crippen molar-refractivity contribution in [2.75, 3.05) is 6.54 Å². The van der Waals surface area contributed by atoms with Gasteiger partial charge in [-0.15, -0.1) is 0 Å². The Hall–Kier alpha value is -1.00. The van der Waals surface area contributed by atoms with Gasteiger partial charge in [0.05, 0.1) is 4.90 Å². The van der Waals surface area contributed by atoms with Crippen LogP contribution in [0.3, 0.4) is 0 Å². The van der Waals surface area contributed by atoms with Crippen LogP contribution in [0.15, 0.2) is 29.2 Å². The molecule has 0 fully saturated rings. The average molecular weight is 307 g/mol. The van der Waals surface area contributed by atoms with Gasteiger partial charge in [-0.25, -0.2) is 18.3 Å². The van der Waals surface area contributed by atoms with E-state index in [0.717, 1.165) is 0 Å². The molecule has 0 spiro atoms. The maximum atomic E-state index is 11.5. The molecule has 1 rings (SSSR count). The van der Waals surface area contributed by atoms with Gasteiger partial charge in [-0.1, -0.05) is 19.1 Å². The maximum absolute atomic E-state index is 11.5. The summed E-state index contributed by atoms with van der Waals surface area (Å²) in [6.45, 7) is 3.53. The lowest BCUT2D eigenvalue weighted by molar-refractivity contribution is 0.554. The molecule has 0 aliphatic rings. The Balaban J connectivity index is 2.99. The predicted molar refractivity (Wildman–Crippen MR) is 72.0 cm³/mol. The van der Waals surface area contributed by atoms with Crippen LogP contribution in [-0.4, -0.2) is 23.4 Å². The molecular weight excluding hydrogens is 290 g/mol. The van der Waals surface area contributed by atoms with E-state index in [9.17, 15) is 16.8 Å². The molecule has 19 heavy (non-hydrogen) atoms. The molecule has 0 heterocycles. The zero-order chi connectivity index (χ0) is 14.7. The van der Waals surface area contributed by atoms with Gasteiger partial charge in [0.15, 0.2) is 0 Å². The highest BCUT2D eigenvalue weighted by Gasteiger charge is 2.16. The van der Waals surface area contributed by atoms with Gasteiger partial charge in [0, 0.05) is 12.6 Å². The van der Waals surface area contributed by atoms with Crippen LogP contribution in [-0.2, 0) is 20.2 Å². The smallest absolute Gasteiger partial charge is 0.225 e. The topological polar surface area (TPSA) is 118 Å². The molecule has 0 aliphatic carbocycles. The number of hydrogen-bond donors (Lipinski definition) is 3. The van der Waals surface area contributed by atoms with E-state index in [1.165, 1.54) is 18.2 Å². The SMILES string of the molecule is CCNS(=O)(=O)NC(C)c1cccc(S(N)(=O)=O)c1. The number of nitrogens with two attached hydrogens (primary N) is 1. The van der Waals surface area contributed by atoms with Gasteiger partial charge in [0.1, 0.15) is 0 Å². The highest BCUT2D eigenvalue weighted by atomic mass is 32.2. The second-order valence-electron chi connectivity index (χ2n) is 3.96. The molecule has 0 aromatic heterocycles. The lowest BCUT2D eigenvalue weighted by Crippen LogP contribution is -2.37. The monoisotopic (exact) mass is 307 g/mol. The quantitative estimate of drug-likeness (QED) is 0.676. The fourth-order valence-electron chi connectivity index (χ4n) is 1.49. The van der Waals surface area contributed by atoms with Crippen molar-refractivity contribution in [2.24, 2.45) is 5.14 Å². The first kappa shape index (κ1) is 16.1. The third-order valence-corrected chi connectivity index (χ3v) is 4.60. The van der Waals surface area contributed by atoms with Gasteiger partial charge in [-0.05, 0) is 24.6 Å². The number of nitrogens with one attached hydrogen (secondary N) is 2. The van der Waals surface area contributed by atoms with Gasteiger partial charge in [-0.3, -0.25) is 0 Å². The first-order valence-electron chi connectivity index (χ1n) is 5.55. The minimum Gasteiger partial charge on any atom is -0.225 e. The van der Waals surface area contributed by atoms with Crippen molar-refractivity contribution in [1.82, 2.24) is 9.44 Å². The fraction of sp³-hybridized carbons (Fsp3) is 0.400. The van der Waals surface area contributed by atoms with Crippen molar-refractivity contribution in [2.45, 2.75) is 24.8 Å². The van der Waals surface area contributed by atoms with Crippen molar-refractivity contribution < 1.29 is 16.8 Å². The first-order valence-corrected chi connectivity index (χ1v) is 8.58. The van der Waals surface area contributed by atoms with Crippen molar-refractivity contribution in [3.63, 3.8) is 0 Å². The molecule has 7 nitrogen and oxygen atoms in total. The molecule has 9 heteroatoms. The van der Waals surface area contributed by atoms with E-state index in [1.807, 2.05) is 0 Å². The van der Waals surface area contributed by atoms with Gasteiger partial charge in [0.25, 0.3) is 10.2 Å². The molecular formula is C10H17N3O4S2. The highest BCUT2D eigenvalue weighted by molar-refractivity contribution is 7.89. The Labute approximate surface area is 113 Å². The van der Waals surface area contributed by atoms with E-state index in [4.69, 9.17) is 5.14 Å². The third kappa shape index (κ3) is 4.88. The highest BCUT2D eigenvalue weighted by Crippen LogP contribution is 2.17. The average Bonchev–Trinajstić information content (AvgIpc) is 2.27. The summed E-state index contributed by atoms with van der Waals surface area (Å²) in [5.41, 5.74) is 0.507. The van der Waals surface area contributed by atoms with Gasteiger partial charge < -0.3 is 0 Å². The Morgan fingerprint density at radius 1 is 1.26 bits per heavy atom. The predicted octanol–water partition coefficient (Wildman–Crippen LogP) is -0.161. The normalized spacial score (nSPS) is 14.3. The molecule has 0 saturated carbocycles.